The number of nitrogens with zero attached hydrogens (tertiary/aromatic N) is 1. The van der Waals surface area contributed by atoms with Gasteiger partial charge in [0.05, 0.1) is 13.7 Å². The fraction of sp³-hybridized carbons (Fsp3) is 0.158. The molecule has 0 aliphatic heterocycles. The average molecular weight is 322 g/mol. The van der Waals surface area contributed by atoms with Crippen molar-refractivity contribution in [2.75, 3.05) is 19.0 Å². The molecule has 0 aromatic heterocycles. The third-order valence-electron chi connectivity index (χ3n) is 3.21. The molecule has 2 rings (SSSR count). The van der Waals surface area contributed by atoms with Crippen LogP contribution < -0.4 is 14.8 Å². The number of ether oxygens (including phenoxy) is 2. The Balaban J connectivity index is 2.22. The van der Waals surface area contributed by atoms with Gasteiger partial charge in [0.15, 0.2) is 0 Å². The van der Waals surface area contributed by atoms with E-state index in [1.54, 1.807) is 36.4 Å². The molecule has 0 saturated heterocycles. The lowest BCUT2D eigenvalue weighted by molar-refractivity contribution is -0.112. The molecule has 2 aromatic carbocycles. The second-order valence-electron chi connectivity index (χ2n) is 4.83. The summed E-state index contributed by atoms with van der Waals surface area (Å²) in [5.41, 5.74) is 1.21. The third kappa shape index (κ3) is 4.37. The summed E-state index contributed by atoms with van der Waals surface area (Å²) >= 11 is 0. The summed E-state index contributed by atoms with van der Waals surface area (Å²) < 4.78 is 10.6. The number of carbonyl (C=O) groups excluding carboxylic acids is 1. The van der Waals surface area contributed by atoms with Crippen molar-refractivity contribution in [3.63, 3.8) is 0 Å². The number of hydrogen-bond acceptors (Lipinski definition) is 4. The molecule has 0 unspecified atom stereocenters. The molecule has 0 saturated carbocycles. The van der Waals surface area contributed by atoms with Gasteiger partial charge in [-0.05, 0) is 31.2 Å². The Kier molecular flexibility index (Phi) is 5.98. The minimum absolute atomic E-state index is 0.0127. The zero-order valence-electron chi connectivity index (χ0n) is 13.6. The Bertz CT molecular complexity index is 791. The lowest BCUT2D eigenvalue weighted by atomic mass is 10.1. The lowest BCUT2D eigenvalue weighted by Gasteiger charge is -2.08. The zero-order chi connectivity index (χ0) is 17.4. The largest absolute Gasteiger partial charge is 0.496 e. The molecule has 5 nitrogen and oxygen atoms in total. The highest BCUT2D eigenvalue weighted by Gasteiger charge is 2.11. The SMILES string of the molecule is CCOc1cccc(NC(=O)/C(C#N)=C/c2ccccc2OC)c1. The molecule has 2 aromatic rings. The summed E-state index contributed by atoms with van der Waals surface area (Å²) in [5, 5.41) is 12.0. The molecule has 0 heterocycles. The summed E-state index contributed by atoms with van der Waals surface area (Å²) in [7, 11) is 1.54. The number of para-hydroxylation sites is 1. The molecule has 0 atom stereocenters. The van der Waals surface area contributed by atoms with Gasteiger partial charge in [-0.15, -0.1) is 0 Å². The van der Waals surface area contributed by atoms with Crippen molar-refractivity contribution in [3.05, 3.63) is 59.7 Å². The van der Waals surface area contributed by atoms with Gasteiger partial charge in [-0.3, -0.25) is 4.79 Å². The third-order valence-corrected chi connectivity index (χ3v) is 3.21. The first kappa shape index (κ1) is 17.1. The van der Waals surface area contributed by atoms with Crippen LogP contribution >= 0.6 is 0 Å². The van der Waals surface area contributed by atoms with Gasteiger partial charge in [0.25, 0.3) is 5.91 Å². The van der Waals surface area contributed by atoms with Gasteiger partial charge in [0.1, 0.15) is 23.1 Å². The second kappa shape index (κ2) is 8.39. The topological polar surface area (TPSA) is 71.3 Å². The average Bonchev–Trinajstić information content (AvgIpc) is 2.60. The quantitative estimate of drug-likeness (QED) is 0.651. The second-order valence-corrected chi connectivity index (χ2v) is 4.83. The van der Waals surface area contributed by atoms with Gasteiger partial charge in [0.2, 0.25) is 0 Å². The molecule has 122 valence electrons. The van der Waals surface area contributed by atoms with Crippen LogP contribution in [0.5, 0.6) is 11.5 Å². The van der Waals surface area contributed by atoms with Gasteiger partial charge in [0, 0.05) is 17.3 Å². The first-order valence-electron chi connectivity index (χ1n) is 7.47. The maximum atomic E-state index is 12.3. The highest BCUT2D eigenvalue weighted by molar-refractivity contribution is 6.09. The van der Waals surface area contributed by atoms with E-state index in [9.17, 15) is 10.1 Å². The molecule has 1 N–H and O–H groups in total. The number of amides is 1. The predicted octanol–water partition coefficient (Wildman–Crippen LogP) is 3.64. The molecule has 0 bridgehead atoms. The first-order chi connectivity index (χ1) is 11.7. The van der Waals surface area contributed by atoms with E-state index in [1.165, 1.54) is 13.2 Å². The number of methoxy groups -OCH3 is 1. The Morgan fingerprint density at radius 1 is 1.25 bits per heavy atom. The van der Waals surface area contributed by atoms with E-state index in [1.807, 2.05) is 25.1 Å². The van der Waals surface area contributed by atoms with Crippen LogP contribution in [0.15, 0.2) is 54.1 Å². The first-order valence-corrected chi connectivity index (χ1v) is 7.47. The smallest absolute Gasteiger partial charge is 0.266 e. The Morgan fingerprint density at radius 2 is 2.04 bits per heavy atom. The van der Waals surface area contributed by atoms with Gasteiger partial charge < -0.3 is 14.8 Å². The molecule has 24 heavy (non-hydrogen) atoms. The Labute approximate surface area is 141 Å². The van der Waals surface area contributed by atoms with Crippen molar-refractivity contribution in [3.8, 4) is 17.6 Å². The highest BCUT2D eigenvalue weighted by Crippen LogP contribution is 2.22. The highest BCUT2D eigenvalue weighted by atomic mass is 16.5. The van der Waals surface area contributed by atoms with E-state index >= 15 is 0 Å². The van der Waals surface area contributed by atoms with Crippen molar-refractivity contribution in [1.82, 2.24) is 0 Å². The number of benzene rings is 2. The summed E-state index contributed by atoms with van der Waals surface area (Å²) in [6.07, 6.45) is 1.50. The van der Waals surface area contributed by atoms with Crippen molar-refractivity contribution >= 4 is 17.7 Å². The van der Waals surface area contributed by atoms with Crippen LogP contribution in [0.2, 0.25) is 0 Å². The van der Waals surface area contributed by atoms with E-state index in [0.29, 0.717) is 29.4 Å². The molecule has 5 heteroatoms. The summed E-state index contributed by atoms with van der Waals surface area (Å²) in [4.78, 5) is 12.3. The van der Waals surface area contributed by atoms with E-state index < -0.39 is 5.91 Å². The van der Waals surface area contributed by atoms with Crippen molar-refractivity contribution < 1.29 is 14.3 Å². The van der Waals surface area contributed by atoms with Gasteiger partial charge in [-0.1, -0.05) is 24.3 Å². The molecule has 0 aliphatic carbocycles. The Morgan fingerprint density at radius 3 is 2.75 bits per heavy atom. The predicted molar refractivity (Wildman–Crippen MR) is 92.8 cm³/mol. The molecule has 1 amide bonds. The normalized spacial score (nSPS) is 10.6. The van der Waals surface area contributed by atoms with Crippen LogP contribution in [0, 0.1) is 11.3 Å². The van der Waals surface area contributed by atoms with Crippen LogP contribution in [-0.4, -0.2) is 19.6 Å². The van der Waals surface area contributed by atoms with E-state index in [4.69, 9.17) is 9.47 Å². The monoisotopic (exact) mass is 322 g/mol. The molecule has 0 radical (unpaired) electrons. The Hall–Kier alpha value is -3.26. The van der Waals surface area contributed by atoms with Crippen LogP contribution in [0.3, 0.4) is 0 Å². The number of rotatable bonds is 6. The number of anilines is 1. The lowest BCUT2D eigenvalue weighted by Crippen LogP contribution is -2.13. The minimum atomic E-state index is -0.489. The number of hydrogen-bond donors (Lipinski definition) is 1. The molecule has 0 fully saturated rings. The molecular formula is C19H18N2O3. The number of carbonyl (C=O) groups is 1. The fourth-order valence-electron chi connectivity index (χ4n) is 2.12. The van der Waals surface area contributed by atoms with Crippen LogP contribution in [0.4, 0.5) is 5.69 Å². The van der Waals surface area contributed by atoms with Crippen LogP contribution in [0.1, 0.15) is 12.5 Å². The summed E-state index contributed by atoms with van der Waals surface area (Å²) in [6, 6.07) is 16.1. The van der Waals surface area contributed by atoms with Crippen LogP contribution in [-0.2, 0) is 4.79 Å². The number of nitrogens with one attached hydrogen (secondary N) is 1. The molecule has 0 spiro atoms. The minimum Gasteiger partial charge on any atom is -0.496 e. The molecule has 0 aliphatic rings. The standard InChI is InChI=1S/C19H18N2O3/c1-3-24-17-9-6-8-16(12-17)21-19(22)15(13-20)11-14-7-4-5-10-18(14)23-2/h4-12H,3H2,1-2H3,(H,21,22)/b15-11+. The van der Waals surface area contributed by atoms with E-state index in [2.05, 4.69) is 5.32 Å². The van der Waals surface area contributed by atoms with Crippen molar-refractivity contribution in [2.24, 2.45) is 0 Å². The van der Waals surface area contributed by atoms with Gasteiger partial charge in [-0.25, -0.2) is 0 Å². The van der Waals surface area contributed by atoms with Gasteiger partial charge in [-0.2, -0.15) is 5.26 Å². The van der Waals surface area contributed by atoms with Crippen molar-refractivity contribution in [1.29, 1.82) is 5.26 Å². The summed E-state index contributed by atoms with van der Waals surface area (Å²) in [5.74, 6) is 0.760. The zero-order valence-corrected chi connectivity index (χ0v) is 13.6. The maximum absolute atomic E-state index is 12.3. The van der Waals surface area contributed by atoms with E-state index in [-0.39, 0.29) is 5.57 Å². The van der Waals surface area contributed by atoms with Crippen LogP contribution in [0.25, 0.3) is 6.08 Å². The summed E-state index contributed by atoms with van der Waals surface area (Å²) in [6.45, 7) is 2.42. The fourth-order valence-corrected chi connectivity index (χ4v) is 2.12. The number of nitriles is 1. The van der Waals surface area contributed by atoms with Crippen molar-refractivity contribution in [2.45, 2.75) is 6.92 Å². The van der Waals surface area contributed by atoms with Gasteiger partial charge >= 0.3 is 0 Å². The van der Waals surface area contributed by atoms with E-state index in [0.717, 1.165) is 0 Å². The maximum Gasteiger partial charge on any atom is 0.266 e. The molecular weight excluding hydrogens is 304 g/mol.